The van der Waals surface area contributed by atoms with E-state index < -0.39 is 0 Å². The SMILES string of the molecule is COC(=O)c1ccc2c(c1)c1c(C)c3ccncc3c(C)c1n2C. The van der Waals surface area contributed by atoms with Crippen LogP contribution in [-0.2, 0) is 11.8 Å². The molecule has 4 heteroatoms. The maximum atomic E-state index is 11.9. The Bertz CT molecular complexity index is 1140. The van der Waals surface area contributed by atoms with Crippen molar-refractivity contribution in [3.8, 4) is 0 Å². The monoisotopic (exact) mass is 318 g/mol. The van der Waals surface area contributed by atoms with Gasteiger partial charge < -0.3 is 9.30 Å². The number of methoxy groups -OCH3 is 1. The number of nitrogens with zero attached hydrogens (tertiary/aromatic N) is 2. The van der Waals surface area contributed by atoms with Crippen LogP contribution >= 0.6 is 0 Å². The van der Waals surface area contributed by atoms with Gasteiger partial charge in [-0.2, -0.15) is 0 Å². The van der Waals surface area contributed by atoms with Crippen LogP contribution in [0.3, 0.4) is 0 Å². The molecule has 0 amide bonds. The van der Waals surface area contributed by atoms with E-state index in [1.807, 2.05) is 30.6 Å². The molecular weight excluding hydrogens is 300 g/mol. The number of pyridine rings is 1. The fraction of sp³-hybridized carbons (Fsp3) is 0.200. The molecule has 0 fully saturated rings. The summed E-state index contributed by atoms with van der Waals surface area (Å²) in [6, 6.07) is 7.80. The van der Waals surface area contributed by atoms with Crippen LogP contribution in [0.5, 0.6) is 0 Å². The van der Waals surface area contributed by atoms with E-state index in [0.29, 0.717) is 5.56 Å². The van der Waals surface area contributed by atoms with E-state index in [-0.39, 0.29) is 5.97 Å². The lowest BCUT2D eigenvalue weighted by Gasteiger charge is -2.10. The highest BCUT2D eigenvalue weighted by molar-refractivity contribution is 6.17. The molecule has 0 radical (unpaired) electrons. The van der Waals surface area contributed by atoms with Gasteiger partial charge in [0.15, 0.2) is 0 Å². The van der Waals surface area contributed by atoms with Crippen molar-refractivity contribution >= 4 is 38.5 Å². The highest BCUT2D eigenvalue weighted by atomic mass is 16.5. The molecule has 2 heterocycles. The topological polar surface area (TPSA) is 44.1 Å². The Labute approximate surface area is 139 Å². The van der Waals surface area contributed by atoms with Crippen molar-refractivity contribution in [2.75, 3.05) is 7.11 Å². The fourth-order valence-corrected chi connectivity index (χ4v) is 3.79. The molecule has 24 heavy (non-hydrogen) atoms. The van der Waals surface area contributed by atoms with Crippen LogP contribution in [0, 0.1) is 13.8 Å². The first-order valence-electron chi connectivity index (χ1n) is 7.88. The molecule has 0 atom stereocenters. The second-order valence-electron chi connectivity index (χ2n) is 6.18. The van der Waals surface area contributed by atoms with Crippen molar-refractivity contribution in [1.29, 1.82) is 0 Å². The largest absolute Gasteiger partial charge is 0.465 e. The Hall–Kier alpha value is -2.88. The maximum Gasteiger partial charge on any atom is 0.337 e. The molecule has 4 aromatic rings. The van der Waals surface area contributed by atoms with Crippen molar-refractivity contribution in [3.63, 3.8) is 0 Å². The minimum Gasteiger partial charge on any atom is -0.465 e. The molecule has 0 unspecified atom stereocenters. The van der Waals surface area contributed by atoms with E-state index in [9.17, 15) is 4.79 Å². The molecule has 0 saturated heterocycles. The molecule has 0 N–H and O–H groups in total. The van der Waals surface area contributed by atoms with Gasteiger partial charge in [0.2, 0.25) is 0 Å². The van der Waals surface area contributed by atoms with Crippen LogP contribution in [0.4, 0.5) is 0 Å². The van der Waals surface area contributed by atoms with Crippen molar-refractivity contribution < 1.29 is 9.53 Å². The number of aromatic nitrogens is 2. The number of ether oxygens (including phenoxy) is 1. The van der Waals surface area contributed by atoms with E-state index in [0.717, 1.165) is 10.9 Å². The number of benzene rings is 2. The highest BCUT2D eigenvalue weighted by Crippen LogP contribution is 2.38. The van der Waals surface area contributed by atoms with Gasteiger partial charge in [0.05, 0.1) is 18.2 Å². The smallest absolute Gasteiger partial charge is 0.337 e. The molecule has 0 bridgehead atoms. The summed E-state index contributed by atoms with van der Waals surface area (Å²) >= 11 is 0. The van der Waals surface area contributed by atoms with Crippen LogP contribution < -0.4 is 0 Å². The number of carbonyl (C=O) groups is 1. The summed E-state index contributed by atoms with van der Waals surface area (Å²) < 4.78 is 7.07. The van der Waals surface area contributed by atoms with Crippen molar-refractivity contribution in [2.45, 2.75) is 13.8 Å². The number of aryl methyl sites for hydroxylation is 3. The fourth-order valence-electron chi connectivity index (χ4n) is 3.79. The summed E-state index contributed by atoms with van der Waals surface area (Å²) in [5, 5.41) is 4.64. The summed E-state index contributed by atoms with van der Waals surface area (Å²) in [6.07, 6.45) is 3.75. The van der Waals surface area contributed by atoms with Gasteiger partial charge in [-0.3, -0.25) is 4.98 Å². The molecule has 0 aliphatic carbocycles. The van der Waals surface area contributed by atoms with Gasteiger partial charge in [0.1, 0.15) is 0 Å². The van der Waals surface area contributed by atoms with Gasteiger partial charge in [0, 0.05) is 41.1 Å². The average Bonchev–Trinajstić information content (AvgIpc) is 2.91. The summed E-state index contributed by atoms with van der Waals surface area (Å²) in [6.45, 7) is 4.26. The van der Waals surface area contributed by atoms with Crippen molar-refractivity contribution in [2.24, 2.45) is 7.05 Å². The quantitative estimate of drug-likeness (QED) is 0.492. The second-order valence-corrected chi connectivity index (χ2v) is 6.18. The first-order chi connectivity index (χ1) is 11.5. The van der Waals surface area contributed by atoms with Gasteiger partial charge in [-0.25, -0.2) is 4.79 Å². The summed E-state index contributed by atoms with van der Waals surface area (Å²) in [7, 11) is 3.47. The molecule has 0 saturated carbocycles. The van der Waals surface area contributed by atoms with Gasteiger partial charge in [-0.05, 0) is 54.6 Å². The first-order valence-corrected chi connectivity index (χ1v) is 7.88. The third kappa shape index (κ3) is 1.80. The van der Waals surface area contributed by atoms with Crippen LogP contribution in [-0.4, -0.2) is 22.6 Å². The van der Waals surface area contributed by atoms with Crippen LogP contribution in [0.15, 0.2) is 36.7 Å². The maximum absolute atomic E-state index is 11.9. The lowest BCUT2D eigenvalue weighted by Crippen LogP contribution is -2.00. The van der Waals surface area contributed by atoms with Gasteiger partial charge in [-0.1, -0.05) is 0 Å². The van der Waals surface area contributed by atoms with E-state index in [1.165, 1.54) is 39.9 Å². The molecule has 120 valence electrons. The Balaban J connectivity index is 2.26. The number of hydrogen-bond acceptors (Lipinski definition) is 3. The molecule has 0 spiro atoms. The minimum atomic E-state index is -0.312. The second kappa shape index (κ2) is 5.06. The molecule has 4 rings (SSSR count). The van der Waals surface area contributed by atoms with Gasteiger partial charge >= 0.3 is 5.97 Å². The Morgan fingerprint density at radius 3 is 2.62 bits per heavy atom. The van der Waals surface area contributed by atoms with Crippen LogP contribution in [0.2, 0.25) is 0 Å². The first kappa shape index (κ1) is 14.7. The zero-order valence-corrected chi connectivity index (χ0v) is 14.2. The Morgan fingerprint density at radius 2 is 1.88 bits per heavy atom. The number of hydrogen-bond donors (Lipinski definition) is 0. The van der Waals surface area contributed by atoms with Gasteiger partial charge in [-0.15, -0.1) is 0 Å². The number of rotatable bonds is 1. The summed E-state index contributed by atoms with van der Waals surface area (Å²) in [4.78, 5) is 16.2. The molecule has 0 aliphatic heterocycles. The van der Waals surface area contributed by atoms with Gasteiger partial charge in [0.25, 0.3) is 0 Å². The normalized spacial score (nSPS) is 11.5. The molecule has 0 aliphatic rings. The zero-order valence-electron chi connectivity index (χ0n) is 14.2. The van der Waals surface area contributed by atoms with E-state index in [1.54, 1.807) is 0 Å². The predicted molar refractivity (Wildman–Crippen MR) is 96.5 cm³/mol. The lowest BCUT2D eigenvalue weighted by atomic mass is 9.96. The molecule has 2 aromatic heterocycles. The Morgan fingerprint density at radius 1 is 1.08 bits per heavy atom. The highest BCUT2D eigenvalue weighted by Gasteiger charge is 2.18. The average molecular weight is 318 g/mol. The zero-order chi connectivity index (χ0) is 17.0. The third-order valence-corrected chi connectivity index (χ3v) is 4.98. The predicted octanol–water partition coefficient (Wildman–Crippen LogP) is 4.28. The number of esters is 1. The van der Waals surface area contributed by atoms with Crippen LogP contribution in [0.25, 0.3) is 32.6 Å². The third-order valence-electron chi connectivity index (χ3n) is 4.98. The summed E-state index contributed by atoms with van der Waals surface area (Å²) in [5.41, 5.74) is 5.28. The van der Waals surface area contributed by atoms with E-state index in [4.69, 9.17) is 4.74 Å². The number of carbonyl (C=O) groups excluding carboxylic acids is 1. The molecule has 2 aromatic carbocycles. The van der Waals surface area contributed by atoms with E-state index in [2.05, 4.69) is 36.5 Å². The Kier molecular flexibility index (Phi) is 3.10. The number of fused-ring (bicyclic) bond motifs is 4. The summed E-state index contributed by atoms with van der Waals surface area (Å²) in [5.74, 6) is -0.312. The van der Waals surface area contributed by atoms with Crippen LogP contribution in [0.1, 0.15) is 21.5 Å². The van der Waals surface area contributed by atoms with E-state index >= 15 is 0 Å². The lowest BCUT2D eigenvalue weighted by molar-refractivity contribution is 0.0601. The van der Waals surface area contributed by atoms with Crippen molar-refractivity contribution in [1.82, 2.24) is 9.55 Å². The van der Waals surface area contributed by atoms with Crippen molar-refractivity contribution in [3.05, 3.63) is 53.3 Å². The molecule has 4 nitrogen and oxygen atoms in total. The standard InChI is InChI=1S/C20H18N2O2/c1-11-14-7-8-21-10-16(14)12(2)19-18(11)15-9-13(20(23)24-4)5-6-17(15)22(19)3/h5-10H,1-4H3. The molecular formula is C20H18N2O2. The minimum absolute atomic E-state index is 0.312.